The normalized spacial score (nSPS) is 17.3. The van der Waals surface area contributed by atoms with Crippen LogP contribution in [0.4, 0.5) is 0 Å². The second-order valence-corrected chi connectivity index (χ2v) is 9.19. The molecule has 0 amide bonds. The Morgan fingerprint density at radius 3 is 2.62 bits per heavy atom. The van der Waals surface area contributed by atoms with E-state index >= 15 is 0 Å². The zero-order valence-corrected chi connectivity index (χ0v) is 14.7. The highest BCUT2D eigenvalue weighted by Gasteiger charge is 2.23. The number of hydrogen-bond acceptors (Lipinski definition) is 4. The van der Waals surface area contributed by atoms with Crippen molar-refractivity contribution < 1.29 is 8.42 Å². The van der Waals surface area contributed by atoms with Gasteiger partial charge in [-0.05, 0) is 43.7 Å². The van der Waals surface area contributed by atoms with E-state index < -0.39 is 10.0 Å². The molecule has 21 heavy (non-hydrogen) atoms. The van der Waals surface area contributed by atoms with Crippen LogP contribution >= 0.6 is 11.3 Å². The zero-order chi connectivity index (χ0) is 15.5. The molecule has 0 spiro atoms. The third-order valence-electron chi connectivity index (χ3n) is 3.83. The van der Waals surface area contributed by atoms with Crippen LogP contribution in [0.25, 0.3) is 0 Å². The molecule has 0 aromatic carbocycles. The van der Waals surface area contributed by atoms with E-state index in [1.54, 1.807) is 6.07 Å². The van der Waals surface area contributed by atoms with E-state index in [1.807, 2.05) is 26.8 Å². The summed E-state index contributed by atoms with van der Waals surface area (Å²) in [5.41, 5.74) is 0. The summed E-state index contributed by atoms with van der Waals surface area (Å²) in [6, 6.07) is 4.36. The van der Waals surface area contributed by atoms with E-state index in [0.29, 0.717) is 16.2 Å². The molecule has 0 saturated heterocycles. The van der Waals surface area contributed by atoms with Crippen LogP contribution in [0.2, 0.25) is 0 Å². The van der Waals surface area contributed by atoms with Crippen molar-refractivity contribution in [3.63, 3.8) is 0 Å². The predicted octanol–water partition coefficient (Wildman–Crippen LogP) is 2.76. The molecule has 0 radical (unpaired) electrons. The first-order chi connectivity index (χ1) is 9.92. The maximum Gasteiger partial charge on any atom is 0.250 e. The number of rotatable bonds is 9. The van der Waals surface area contributed by atoms with Gasteiger partial charge in [0.15, 0.2) is 0 Å². The van der Waals surface area contributed by atoms with Crippen molar-refractivity contribution in [3.8, 4) is 0 Å². The van der Waals surface area contributed by atoms with Gasteiger partial charge in [-0.15, -0.1) is 11.3 Å². The van der Waals surface area contributed by atoms with Gasteiger partial charge in [0.2, 0.25) is 10.0 Å². The predicted molar refractivity (Wildman–Crippen MR) is 88.3 cm³/mol. The summed E-state index contributed by atoms with van der Waals surface area (Å²) in [6.07, 6.45) is 4.27. The number of thiophene rings is 1. The minimum absolute atomic E-state index is 0.00270. The Hall–Kier alpha value is -0.430. The van der Waals surface area contributed by atoms with Crippen LogP contribution in [0.15, 0.2) is 16.3 Å². The van der Waals surface area contributed by atoms with Crippen LogP contribution in [0, 0.1) is 5.92 Å². The smallest absolute Gasteiger partial charge is 0.250 e. The van der Waals surface area contributed by atoms with E-state index in [2.05, 4.69) is 10.0 Å². The Labute approximate surface area is 132 Å². The molecule has 0 bridgehead atoms. The van der Waals surface area contributed by atoms with Gasteiger partial charge in [-0.3, -0.25) is 0 Å². The summed E-state index contributed by atoms with van der Waals surface area (Å²) >= 11 is 1.39. The minimum Gasteiger partial charge on any atom is -0.314 e. The zero-order valence-electron chi connectivity index (χ0n) is 13.1. The van der Waals surface area contributed by atoms with Gasteiger partial charge in [-0.1, -0.05) is 20.8 Å². The number of sulfonamides is 1. The molecular weight excluding hydrogens is 304 g/mol. The molecule has 1 aromatic heterocycles. The molecule has 1 fully saturated rings. The summed E-state index contributed by atoms with van der Waals surface area (Å²) in [5.74, 6) is 0.298. The van der Waals surface area contributed by atoms with Crippen molar-refractivity contribution in [2.24, 2.45) is 5.92 Å². The maximum atomic E-state index is 12.4. The highest BCUT2D eigenvalue weighted by Crippen LogP contribution is 2.24. The average molecular weight is 331 g/mol. The number of hydrogen-bond donors (Lipinski definition) is 2. The first-order valence-electron chi connectivity index (χ1n) is 7.76. The van der Waals surface area contributed by atoms with Gasteiger partial charge in [-0.2, -0.15) is 0 Å². The van der Waals surface area contributed by atoms with Gasteiger partial charge in [0.05, 0.1) is 0 Å². The van der Waals surface area contributed by atoms with E-state index in [-0.39, 0.29) is 6.04 Å². The molecule has 1 saturated carbocycles. The fraction of sp³-hybridized carbons (Fsp3) is 0.733. The van der Waals surface area contributed by atoms with Crippen LogP contribution in [0.1, 0.15) is 44.9 Å². The quantitative estimate of drug-likeness (QED) is 0.732. The third-order valence-corrected chi connectivity index (χ3v) is 6.96. The van der Waals surface area contributed by atoms with Crippen LogP contribution in [-0.4, -0.2) is 27.0 Å². The SMILES string of the molecule is CCC(NS(=O)(=O)c1ccc(CCNC2CC2)s1)C(C)C. The molecule has 0 aliphatic heterocycles. The molecule has 1 aliphatic rings. The van der Waals surface area contributed by atoms with Crippen molar-refractivity contribution in [2.45, 2.75) is 62.7 Å². The molecule has 1 heterocycles. The largest absolute Gasteiger partial charge is 0.314 e. The van der Waals surface area contributed by atoms with E-state index in [0.717, 1.165) is 24.3 Å². The summed E-state index contributed by atoms with van der Waals surface area (Å²) in [4.78, 5) is 1.13. The highest BCUT2D eigenvalue weighted by atomic mass is 32.2. The van der Waals surface area contributed by atoms with Crippen LogP contribution in [0.3, 0.4) is 0 Å². The molecule has 4 nitrogen and oxygen atoms in total. The molecular formula is C15H26N2O2S2. The Morgan fingerprint density at radius 2 is 2.05 bits per heavy atom. The molecule has 1 atom stereocenters. The molecule has 2 rings (SSSR count). The van der Waals surface area contributed by atoms with Gasteiger partial charge < -0.3 is 5.32 Å². The summed E-state index contributed by atoms with van der Waals surface area (Å²) in [7, 11) is -3.38. The molecule has 120 valence electrons. The van der Waals surface area contributed by atoms with Crippen LogP contribution in [-0.2, 0) is 16.4 Å². The Bertz CT molecular complexity index is 548. The molecule has 2 N–H and O–H groups in total. The van der Waals surface area contributed by atoms with Gasteiger partial charge in [0.25, 0.3) is 0 Å². The lowest BCUT2D eigenvalue weighted by atomic mass is 10.0. The standard InChI is InChI=1S/C15H26N2O2S2/c1-4-14(11(2)3)17-21(18,19)15-8-7-13(20-15)9-10-16-12-5-6-12/h7-8,11-12,14,16-17H,4-6,9-10H2,1-3H3. The lowest BCUT2D eigenvalue weighted by Gasteiger charge is -2.19. The monoisotopic (exact) mass is 330 g/mol. The highest BCUT2D eigenvalue weighted by molar-refractivity contribution is 7.91. The first kappa shape index (κ1) is 16.9. The minimum atomic E-state index is -3.38. The number of nitrogens with one attached hydrogen (secondary N) is 2. The van der Waals surface area contributed by atoms with E-state index in [9.17, 15) is 8.42 Å². The summed E-state index contributed by atoms with van der Waals surface area (Å²) < 4.78 is 28.0. The second-order valence-electron chi connectivity index (χ2n) is 6.08. The van der Waals surface area contributed by atoms with Crippen molar-refractivity contribution in [2.75, 3.05) is 6.54 Å². The summed E-state index contributed by atoms with van der Waals surface area (Å²) in [6.45, 7) is 7.03. The van der Waals surface area contributed by atoms with Crippen LogP contribution in [0.5, 0.6) is 0 Å². The molecule has 6 heteroatoms. The summed E-state index contributed by atoms with van der Waals surface area (Å²) in [5, 5.41) is 3.45. The van der Waals surface area contributed by atoms with Crippen molar-refractivity contribution in [1.29, 1.82) is 0 Å². The second kappa shape index (κ2) is 7.22. The van der Waals surface area contributed by atoms with Gasteiger partial charge in [-0.25, -0.2) is 13.1 Å². The molecule has 1 aliphatic carbocycles. The van der Waals surface area contributed by atoms with E-state index in [4.69, 9.17) is 0 Å². The Balaban J connectivity index is 1.94. The fourth-order valence-electron chi connectivity index (χ4n) is 2.27. The van der Waals surface area contributed by atoms with E-state index in [1.165, 1.54) is 24.2 Å². The maximum absolute atomic E-state index is 12.4. The van der Waals surface area contributed by atoms with Crippen LogP contribution < -0.4 is 10.0 Å². The Kier molecular flexibility index (Phi) is 5.82. The first-order valence-corrected chi connectivity index (χ1v) is 10.1. The lowest BCUT2D eigenvalue weighted by Crippen LogP contribution is -2.37. The fourth-order valence-corrected chi connectivity index (χ4v) is 5.11. The third kappa shape index (κ3) is 5.06. The Morgan fingerprint density at radius 1 is 1.33 bits per heavy atom. The molecule has 1 unspecified atom stereocenters. The van der Waals surface area contributed by atoms with Crippen molar-refractivity contribution >= 4 is 21.4 Å². The van der Waals surface area contributed by atoms with Crippen molar-refractivity contribution in [1.82, 2.24) is 10.0 Å². The van der Waals surface area contributed by atoms with Gasteiger partial charge in [0.1, 0.15) is 4.21 Å². The van der Waals surface area contributed by atoms with Crippen molar-refractivity contribution in [3.05, 3.63) is 17.0 Å². The topological polar surface area (TPSA) is 58.2 Å². The molecule has 1 aromatic rings. The van der Waals surface area contributed by atoms with Gasteiger partial charge >= 0.3 is 0 Å². The van der Waals surface area contributed by atoms with Gasteiger partial charge in [0, 0.05) is 23.5 Å². The lowest BCUT2D eigenvalue weighted by molar-refractivity contribution is 0.438. The average Bonchev–Trinajstić information content (AvgIpc) is 3.11.